The number of ether oxygens (including phenoxy) is 1. The number of nitrogens with one attached hydrogen (secondary N) is 1. The second-order valence-electron chi connectivity index (χ2n) is 6.03. The van der Waals surface area contributed by atoms with Gasteiger partial charge < -0.3 is 10.1 Å². The maximum absolute atomic E-state index is 13.2. The van der Waals surface area contributed by atoms with Crippen LogP contribution in [0.4, 0.5) is 5.69 Å². The van der Waals surface area contributed by atoms with E-state index in [1.807, 2.05) is 36.4 Å². The molecule has 0 atom stereocenters. The monoisotopic (exact) mass is 309 g/mol. The van der Waals surface area contributed by atoms with Crippen LogP contribution in [-0.4, -0.2) is 19.1 Å². The predicted molar refractivity (Wildman–Crippen MR) is 92.6 cm³/mol. The Hall–Kier alpha value is -2.13. The van der Waals surface area contributed by atoms with Crippen molar-refractivity contribution in [2.75, 3.05) is 18.5 Å². The van der Waals surface area contributed by atoms with Gasteiger partial charge in [-0.15, -0.1) is 0 Å². The van der Waals surface area contributed by atoms with Crippen molar-refractivity contribution < 1.29 is 9.53 Å². The number of anilines is 1. The first-order chi connectivity index (χ1) is 11.3. The zero-order chi connectivity index (χ0) is 16.1. The molecule has 1 heterocycles. The number of carbonyl (C=O) groups excluding carboxylic acids is 1. The van der Waals surface area contributed by atoms with Crippen molar-refractivity contribution in [3.63, 3.8) is 0 Å². The summed E-state index contributed by atoms with van der Waals surface area (Å²) in [6.45, 7) is 3.35. The molecule has 2 aromatic rings. The quantitative estimate of drug-likeness (QED) is 0.929. The van der Waals surface area contributed by atoms with Gasteiger partial charge in [0, 0.05) is 18.9 Å². The fourth-order valence-electron chi connectivity index (χ4n) is 3.32. The van der Waals surface area contributed by atoms with Crippen molar-refractivity contribution >= 4 is 11.6 Å². The summed E-state index contributed by atoms with van der Waals surface area (Å²) >= 11 is 0. The van der Waals surface area contributed by atoms with Gasteiger partial charge in [-0.3, -0.25) is 4.79 Å². The summed E-state index contributed by atoms with van der Waals surface area (Å²) in [6, 6.07) is 18.1. The summed E-state index contributed by atoms with van der Waals surface area (Å²) in [6.07, 6.45) is 2.34. The number of rotatable bonds is 4. The molecule has 0 saturated carbocycles. The van der Waals surface area contributed by atoms with Crippen LogP contribution in [-0.2, 0) is 21.4 Å². The van der Waals surface area contributed by atoms with Crippen molar-refractivity contribution in [2.45, 2.75) is 31.6 Å². The third kappa shape index (κ3) is 3.15. The highest BCUT2D eigenvalue weighted by Crippen LogP contribution is 2.36. The predicted octanol–water partition coefficient (Wildman–Crippen LogP) is 3.94. The first-order valence-corrected chi connectivity index (χ1v) is 8.29. The molecular formula is C20H23NO2. The lowest BCUT2D eigenvalue weighted by molar-refractivity contribution is -0.125. The van der Waals surface area contributed by atoms with Crippen LogP contribution in [0.1, 0.15) is 30.9 Å². The minimum absolute atomic E-state index is 0.0768. The Kier molecular flexibility index (Phi) is 4.77. The molecule has 2 aromatic carbocycles. The lowest BCUT2D eigenvalue weighted by Crippen LogP contribution is -2.45. The lowest BCUT2D eigenvalue weighted by Gasteiger charge is -2.36. The van der Waals surface area contributed by atoms with Crippen molar-refractivity contribution in [3.05, 3.63) is 65.7 Å². The first kappa shape index (κ1) is 15.8. The van der Waals surface area contributed by atoms with E-state index in [4.69, 9.17) is 4.74 Å². The van der Waals surface area contributed by atoms with Crippen LogP contribution in [0.3, 0.4) is 0 Å². The number of amides is 1. The number of carbonyl (C=O) groups is 1. The molecule has 0 radical (unpaired) electrons. The number of aryl methyl sites for hydroxylation is 1. The number of para-hydroxylation sites is 1. The zero-order valence-corrected chi connectivity index (χ0v) is 13.5. The Labute approximate surface area is 137 Å². The van der Waals surface area contributed by atoms with Crippen molar-refractivity contribution in [3.8, 4) is 0 Å². The maximum Gasteiger partial charge on any atom is 0.235 e. The molecule has 23 heavy (non-hydrogen) atoms. The van der Waals surface area contributed by atoms with E-state index < -0.39 is 5.41 Å². The zero-order valence-electron chi connectivity index (χ0n) is 13.5. The highest BCUT2D eigenvalue weighted by Gasteiger charge is 2.41. The molecule has 3 nitrogen and oxygen atoms in total. The molecule has 1 aliphatic rings. The van der Waals surface area contributed by atoms with Gasteiger partial charge in [0.25, 0.3) is 0 Å². The summed E-state index contributed by atoms with van der Waals surface area (Å²) in [5.74, 6) is 0.0768. The summed E-state index contributed by atoms with van der Waals surface area (Å²) in [4.78, 5) is 13.2. The first-order valence-electron chi connectivity index (χ1n) is 8.29. The fraction of sp³-hybridized carbons (Fsp3) is 0.350. The second kappa shape index (κ2) is 6.97. The van der Waals surface area contributed by atoms with Crippen LogP contribution in [0.2, 0.25) is 0 Å². The van der Waals surface area contributed by atoms with Gasteiger partial charge in [-0.1, -0.05) is 55.5 Å². The summed E-state index contributed by atoms with van der Waals surface area (Å²) in [5, 5.41) is 3.18. The highest BCUT2D eigenvalue weighted by molar-refractivity contribution is 5.99. The standard InChI is InChI=1S/C20H23NO2/c1-2-16-8-6-7-11-18(16)21-19(22)20(12-14-23-15-13-20)17-9-4-3-5-10-17/h3-11H,2,12-15H2,1H3,(H,21,22). The minimum Gasteiger partial charge on any atom is -0.381 e. The molecule has 3 heteroatoms. The van der Waals surface area contributed by atoms with Crippen molar-refractivity contribution in [2.24, 2.45) is 0 Å². The molecule has 0 aliphatic carbocycles. The molecule has 1 aliphatic heterocycles. The Morgan fingerprint density at radius 3 is 2.39 bits per heavy atom. The van der Waals surface area contributed by atoms with Gasteiger partial charge >= 0.3 is 0 Å². The van der Waals surface area contributed by atoms with Gasteiger partial charge in [0.05, 0.1) is 5.41 Å². The number of hydrogen-bond acceptors (Lipinski definition) is 2. The third-order valence-corrected chi connectivity index (χ3v) is 4.75. The molecule has 1 saturated heterocycles. The van der Waals surface area contributed by atoms with Gasteiger partial charge in [0.15, 0.2) is 0 Å². The van der Waals surface area contributed by atoms with E-state index in [1.165, 1.54) is 0 Å². The Morgan fingerprint density at radius 1 is 1.04 bits per heavy atom. The lowest BCUT2D eigenvalue weighted by atomic mass is 9.73. The van der Waals surface area contributed by atoms with Crippen LogP contribution < -0.4 is 5.32 Å². The van der Waals surface area contributed by atoms with E-state index in [-0.39, 0.29) is 5.91 Å². The molecule has 1 fully saturated rings. The Morgan fingerprint density at radius 2 is 1.70 bits per heavy atom. The van der Waals surface area contributed by atoms with E-state index in [1.54, 1.807) is 0 Å². The topological polar surface area (TPSA) is 38.3 Å². The SMILES string of the molecule is CCc1ccccc1NC(=O)C1(c2ccccc2)CCOCC1. The van der Waals surface area contributed by atoms with Gasteiger partial charge in [0.2, 0.25) is 5.91 Å². The van der Waals surface area contributed by atoms with Gasteiger partial charge in [-0.05, 0) is 36.5 Å². The van der Waals surface area contributed by atoms with E-state index in [0.29, 0.717) is 13.2 Å². The van der Waals surface area contributed by atoms with E-state index in [2.05, 4.69) is 30.4 Å². The minimum atomic E-state index is -0.500. The maximum atomic E-state index is 13.2. The second-order valence-corrected chi connectivity index (χ2v) is 6.03. The number of benzene rings is 2. The van der Waals surface area contributed by atoms with Crippen LogP contribution in [0.15, 0.2) is 54.6 Å². The Balaban J connectivity index is 1.92. The Bertz CT molecular complexity index is 660. The molecule has 1 N–H and O–H groups in total. The van der Waals surface area contributed by atoms with Crippen LogP contribution in [0.5, 0.6) is 0 Å². The van der Waals surface area contributed by atoms with Crippen molar-refractivity contribution in [1.29, 1.82) is 0 Å². The molecule has 1 amide bonds. The van der Waals surface area contributed by atoms with E-state index >= 15 is 0 Å². The molecule has 0 bridgehead atoms. The average molecular weight is 309 g/mol. The highest BCUT2D eigenvalue weighted by atomic mass is 16.5. The summed E-state index contributed by atoms with van der Waals surface area (Å²) in [5.41, 5.74) is 2.66. The molecular weight excluding hydrogens is 286 g/mol. The van der Waals surface area contributed by atoms with Crippen LogP contribution in [0, 0.1) is 0 Å². The molecule has 0 spiro atoms. The largest absolute Gasteiger partial charge is 0.381 e. The molecule has 3 rings (SSSR count). The van der Waals surface area contributed by atoms with E-state index in [9.17, 15) is 4.79 Å². The summed E-state index contributed by atoms with van der Waals surface area (Å²) < 4.78 is 5.51. The number of hydrogen-bond donors (Lipinski definition) is 1. The molecule has 120 valence electrons. The van der Waals surface area contributed by atoms with Gasteiger partial charge in [0.1, 0.15) is 0 Å². The van der Waals surface area contributed by atoms with Gasteiger partial charge in [-0.2, -0.15) is 0 Å². The van der Waals surface area contributed by atoms with Crippen LogP contribution in [0.25, 0.3) is 0 Å². The van der Waals surface area contributed by atoms with Crippen molar-refractivity contribution in [1.82, 2.24) is 0 Å². The van der Waals surface area contributed by atoms with Gasteiger partial charge in [-0.25, -0.2) is 0 Å². The normalized spacial score (nSPS) is 16.7. The third-order valence-electron chi connectivity index (χ3n) is 4.75. The van der Waals surface area contributed by atoms with E-state index in [0.717, 1.165) is 36.1 Å². The van der Waals surface area contributed by atoms with Crippen LogP contribution >= 0.6 is 0 Å². The molecule has 0 unspecified atom stereocenters. The smallest absolute Gasteiger partial charge is 0.235 e. The fourth-order valence-corrected chi connectivity index (χ4v) is 3.32. The summed E-state index contributed by atoms with van der Waals surface area (Å²) in [7, 11) is 0. The molecule has 0 aromatic heterocycles. The average Bonchev–Trinajstić information content (AvgIpc) is 2.63.